The van der Waals surface area contributed by atoms with E-state index in [1.54, 1.807) is 0 Å². The lowest BCUT2D eigenvalue weighted by atomic mass is 9.82. The zero-order chi connectivity index (χ0) is 16.2. The van der Waals surface area contributed by atoms with Gasteiger partial charge in [-0.25, -0.2) is 0 Å². The molecule has 3 aromatic carbocycles. The number of benzene rings is 3. The van der Waals surface area contributed by atoms with Crippen LogP contribution < -0.4 is 0 Å². The van der Waals surface area contributed by atoms with E-state index in [4.69, 9.17) is 0 Å². The van der Waals surface area contributed by atoms with E-state index in [1.165, 1.54) is 22.3 Å². The van der Waals surface area contributed by atoms with E-state index in [0.717, 1.165) is 22.3 Å². The van der Waals surface area contributed by atoms with Gasteiger partial charge in [-0.15, -0.1) is 0 Å². The molecule has 0 unspecified atom stereocenters. The molecule has 0 aliphatic heterocycles. The second kappa shape index (κ2) is 4.81. The van der Waals surface area contributed by atoms with Crippen molar-refractivity contribution in [1.29, 1.82) is 0 Å². The van der Waals surface area contributed by atoms with Crippen molar-refractivity contribution >= 4 is 0 Å². The van der Waals surface area contributed by atoms with Crippen molar-refractivity contribution < 1.29 is 5.11 Å². The number of aryl methyl sites for hydroxylation is 3. The minimum atomic E-state index is -1.08. The monoisotopic (exact) mass is 300 g/mol. The van der Waals surface area contributed by atoms with Crippen LogP contribution in [-0.4, -0.2) is 5.11 Å². The van der Waals surface area contributed by atoms with Gasteiger partial charge in [0.2, 0.25) is 0 Å². The van der Waals surface area contributed by atoms with Crippen LogP contribution in [0.5, 0.6) is 0 Å². The van der Waals surface area contributed by atoms with Crippen molar-refractivity contribution in [2.75, 3.05) is 0 Å². The third kappa shape index (κ3) is 1.77. The quantitative estimate of drug-likeness (QED) is 0.679. The standard InChI is InChI=1S/C22H20O/c1-14-8-4-5-11-17(14)22(23)18-12-6-9-15(2)20(18)21-16(3)10-7-13-19(21)22/h4-13,23H,1-3H3. The first kappa shape index (κ1) is 14.2. The predicted octanol–water partition coefficient (Wildman–Crippen LogP) is 4.88. The second-order valence-electron chi connectivity index (χ2n) is 6.52. The van der Waals surface area contributed by atoms with Crippen molar-refractivity contribution in [1.82, 2.24) is 0 Å². The van der Waals surface area contributed by atoms with Gasteiger partial charge in [-0.05, 0) is 54.2 Å². The Bertz CT molecular complexity index is 870. The highest BCUT2D eigenvalue weighted by molar-refractivity contribution is 5.86. The van der Waals surface area contributed by atoms with E-state index >= 15 is 0 Å². The number of hydrogen-bond acceptors (Lipinski definition) is 1. The summed E-state index contributed by atoms with van der Waals surface area (Å²) < 4.78 is 0. The second-order valence-corrected chi connectivity index (χ2v) is 6.52. The van der Waals surface area contributed by atoms with Gasteiger partial charge < -0.3 is 5.11 Å². The largest absolute Gasteiger partial charge is 0.376 e. The third-order valence-corrected chi connectivity index (χ3v) is 5.11. The fourth-order valence-electron chi connectivity index (χ4n) is 4.02. The molecular weight excluding hydrogens is 280 g/mol. The fraction of sp³-hybridized carbons (Fsp3) is 0.182. The summed E-state index contributed by atoms with van der Waals surface area (Å²) >= 11 is 0. The summed E-state index contributed by atoms with van der Waals surface area (Å²) in [5.74, 6) is 0. The molecule has 3 aromatic rings. The SMILES string of the molecule is Cc1ccccc1C1(O)c2cccc(C)c2-c2c(C)cccc21. The molecule has 0 radical (unpaired) electrons. The van der Waals surface area contributed by atoms with Crippen LogP contribution in [0.25, 0.3) is 11.1 Å². The zero-order valence-electron chi connectivity index (χ0n) is 13.7. The third-order valence-electron chi connectivity index (χ3n) is 5.11. The Balaban J connectivity index is 2.17. The summed E-state index contributed by atoms with van der Waals surface area (Å²) in [5.41, 5.74) is 7.79. The van der Waals surface area contributed by atoms with Crippen LogP contribution in [0, 0.1) is 20.8 Å². The van der Waals surface area contributed by atoms with Crippen molar-refractivity contribution in [3.63, 3.8) is 0 Å². The minimum Gasteiger partial charge on any atom is -0.376 e. The first-order valence-electron chi connectivity index (χ1n) is 8.04. The molecule has 23 heavy (non-hydrogen) atoms. The molecule has 0 saturated carbocycles. The van der Waals surface area contributed by atoms with Gasteiger partial charge in [0.15, 0.2) is 0 Å². The highest BCUT2D eigenvalue weighted by atomic mass is 16.3. The Kier molecular flexibility index (Phi) is 2.97. The Morgan fingerprint density at radius 2 is 1.00 bits per heavy atom. The van der Waals surface area contributed by atoms with Crippen LogP contribution in [0.2, 0.25) is 0 Å². The van der Waals surface area contributed by atoms with Gasteiger partial charge in [-0.3, -0.25) is 0 Å². The number of rotatable bonds is 1. The maximum atomic E-state index is 11.9. The Labute approximate surface area is 137 Å². The summed E-state index contributed by atoms with van der Waals surface area (Å²) in [7, 11) is 0. The molecular formula is C22H20O. The lowest BCUT2D eigenvalue weighted by Gasteiger charge is -2.28. The van der Waals surface area contributed by atoms with Crippen LogP contribution >= 0.6 is 0 Å². The van der Waals surface area contributed by atoms with Crippen molar-refractivity contribution in [2.45, 2.75) is 26.4 Å². The van der Waals surface area contributed by atoms with E-state index in [1.807, 2.05) is 30.3 Å². The summed E-state index contributed by atoms with van der Waals surface area (Å²) in [5, 5.41) is 11.9. The Hall–Kier alpha value is -2.38. The van der Waals surface area contributed by atoms with Crippen molar-refractivity contribution in [3.8, 4) is 11.1 Å². The number of aliphatic hydroxyl groups is 1. The van der Waals surface area contributed by atoms with E-state index in [-0.39, 0.29) is 0 Å². The molecule has 0 fully saturated rings. The predicted molar refractivity (Wildman–Crippen MR) is 94.6 cm³/mol. The molecule has 0 heterocycles. The first-order valence-corrected chi connectivity index (χ1v) is 8.04. The molecule has 114 valence electrons. The van der Waals surface area contributed by atoms with Crippen LogP contribution in [0.3, 0.4) is 0 Å². The Morgan fingerprint density at radius 1 is 0.565 bits per heavy atom. The van der Waals surface area contributed by atoms with Gasteiger partial charge in [0.25, 0.3) is 0 Å². The normalized spacial score (nSPS) is 14.4. The zero-order valence-corrected chi connectivity index (χ0v) is 13.7. The summed E-state index contributed by atoms with van der Waals surface area (Å²) in [6.45, 7) is 6.31. The molecule has 1 nitrogen and oxygen atoms in total. The Morgan fingerprint density at radius 3 is 1.52 bits per heavy atom. The van der Waals surface area contributed by atoms with E-state index in [0.29, 0.717) is 0 Å². The van der Waals surface area contributed by atoms with Gasteiger partial charge in [0, 0.05) is 11.1 Å². The minimum absolute atomic E-state index is 0.969. The molecule has 0 bridgehead atoms. The summed E-state index contributed by atoms with van der Waals surface area (Å²) in [4.78, 5) is 0. The average molecular weight is 300 g/mol. The topological polar surface area (TPSA) is 20.2 Å². The molecule has 1 heteroatoms. The maximum absolute atomic E-state index is 11.9. The van der Waals surface area contributed by atoms with Crippen LogP contribution in [-0.2, 0) is 5.60 Å². The number of fused-ring (bicyclic) bond motifs is 3. The van der Waals surface area contributed by atoms with Crippen molar-refractivity contribution in [2.24, 2.45) is 0 Å². The van der Waals surface area contributed by atoms with Crippen LogP contribution in [0.4, 0.5) is 0 Å². The van der Waals surface area contributed by atoms with E-state index in [9.17, 15) is 5.11 Å². The molecule has 0 atom stereocenters. The van der Waals surface area contributed by atoms with E-state index < -0.39 is 5.60 Å². The van der Waals surface area contributed by atoms with Gasteiger partial charge >= 0.3 is 0 Å². The van der Waals surface area contributed by atoms with Gasteiger partial charge in [0.05, 0.1) is 0 Å². The highest BCUT2D eigenvalue weighted by Gasteiger charge is 2.44. The molecule has 1 aliphatic rings. The molecule has 0 amide bonds. The van der Waals surface area contributed by atoms with Crippen LogP contribution in [0.1, 0.15) is 33.4 Å². The molecule has 4 rings (SSSR count). The first-order chi connectivity index (χ1) is 11.0. The fourth-order valence-corrected chi connectivity index (χ4v) is 4.02. The molecule has 0 aromatic heterocycles. The summed E-state index contributed by atoms with van der Waals surface area (Å²) in [6.07, 6.45) is 0. The number of hydrogen-bond donors (Lipinski definition) is 1. The molecule has 1 N–H and O–H groups in total. The maximum Gasteiger partial charge on any atom is 0.142 e. The highest BCUT2D eigenvalue weighted by Crippen LogP contribution is 2.53. The van der Waals surface area contributed by atoms with Crippen molar-refractivity contribution in [3.05, 3.63) is 94.0 Å². The van der Waals surface area contributed by atoms with Gasteiger partial charge in [-0.1, -0.05) is 60.7 Å². The molecule has 0 saturated heterocycles. The lowest BCUT2D eigenvalue weighted by Crippen LogP contribution is -2.27. The van der Waals surface area contributed by atoms with Crippen LogP contribution in [0.15, 0.2) is 60.7 Å². The van der Waals surface area contributed by atoms with Gasteiger partial charge in [-0.2, -0.15) is 0 Å². The smallest absolute Gasteiger partial charge is 0.142 e. The summed E-state index contributed by atoms with van der Waals surface area (Å²) in [6, 6.07) is 20.6. The molecule has 0 spiro atoms. The van der Waals surface area contributed by atoms with E-state index in [2.05, 4.69) is 51.1 Å². The average Bonchev–Trinajstić information content (AvgIpc) is 2.81. The molecule has 1 aliphatic carbocycles. The lowest BCUT2D eigenvalue weighted by molar-refractivity contribution is 0.130. The van der Waals surface area contributed by atoms with Gasteiger partial charge in [0.1, 0.15) is 5.60 Å².